The van der Waals surface area contributed by atoms with Crippen LogP contribution in [-0.4, -0.2) is 86.6 Å². The fourth-order valence-corrected chi connectivity index (χ4v) is 3.53. The van der Waals surface area contributed by atoms with Crippen molar-refractivity contribution in [3.63, 3.8) is 0 Å². The van der Waals surface area contributed by atoms with Gasteiger partial charge in [0.2, 0.25) is 17.7 Å². The molecule has 186 valence electrons. The lowest BCUT2D eigenvalue weighted by Crippen LogP contribution is -2.57. The average molecular weight is 472 g/mol. The lowest BCUT2D eigenvalue weighted by atomic mass is 10.0. The first-order valence-corrected chi connectivity index (χ1v) is 10.7. The molecular weight excluding hydrogens is 440 g/mol. The number of carbonyl (C=O) groups excluding carboxylic acids is 3. The predicted molar refractivity (Wildman–Crippen MR) is 113 cm³/mol. The van der Waals surface area contributed by atoms with Gasteiger partial charge in [0, 0.05) is 13.0 Å². The highest BCUT2D eigenvalue weighted by Crippen LogP contribution is 2.19. The minimum Gasteiger partial charge on any atom is -0.481 e. The van der Waals surface area contributed by atoms with Crippen molar-refractivity contribution >= 4 is 35.6 Å². The second-order valence-corrected chi connectivity index (χ2v) is 8.42. The van der Waals surface area contributed by atoms with E-state index in [1.54, 1.807) is 13.8 Å². The maximum Gasteiger partial charge on any atom is 0.326 e. The molecule has 4 atom stereocenters. The molecule has 0 aromatic heterocycles. The molecule has 1 aliphatic rings. The first kappa shape index (κ1) is 27.8. The summed E-state index contributed by atoms with van der Waals surface area (Å²) in [6.45, 7) is 3.67. The number of aliphatic carboxylic acids is 3. The van der Waals surface area contributed by atoms with E-state index in [9.17, 15) is 39.0 Å². The smallest absolute Gasteiger partial charge is 0.326 e. The Morgan fingerprint density at radius 2 is 1.58 bits per heavy atom. The monoisotopic (exact) mass is 472 g/mol. The third-order valence-electron chi connectivity index (χ3n) is 5.16. The summed E-state index contributed by atoms with van der Waals surface area (Å²) >= 11 is 0. The van der Waals surface area contributed by atoms with Gasteiger partial charge in [-0.05, 0) is 31.6 Å². The number of nitrogens with two attached hydrogens (primary N) is 1. The van der Waals surface area contributed by atoms with E-state index in [0.29, 0.717) is 6.42 Å². The van der Waals surface area contributed by atoms with Gasteiger partial charge < -0.3 is 36.6 Å². The van der Waals surface area contributed by atoms with Crippen molar-refractivity contribution < 1.29 is 44.1 Å². The highest BCUT2D eigenvalue weighted by Gasteiger charge is 2.39. The summed E-state index contributed by atoms with van der Waals surface area (Å²) in [5.74, 6) is -6.23. The number of hydrogen-bond donors (Lipinski definition) is 6. The zero-order valence-electron chi connectivity index (χ0n) is 18.7. The van der Waals surface area contributed by atoms with E-state index in [4.69, 9.17) is 10.8 Å². The molecule has 1 saturated heterocycles. The largest absolute Gasteiger partial charge is 0.481 e. The molecule has 7 N–H and O–H groups in total. The standard InChI is InChI=1S/C20H32N4O9/c1-10(2)8-12(22-17(29)11(21)5-6-15(25)26)18(30)23-13(9-16(27)28)19(31)24-7-3-4-14(24)20(32)33/h10-14H,3-9,21H2,1-2H3,(H,22,29)(H,23,30)(H,25,26)(H,27,28)(H,32,33). The predicted octanol–water partition coefficient (Wildman–Crippen LogP) is -1.26. The molecule has 1 heterocycles. The summed E-state index contributed by atoms with van der Waals surface area (Å²) in [5, 5.41) is 32.0. The third kappa shape index (κ3) is 9.04. The molecule has 0 aromatic rings. The van der Waals surface area contributed by atoms with E-state index < -0.39 is 66.2 Å². The van der Waals surface area contributed by atoms with Crippen molar-refractivity contribution in [3.05, 3.63) is 0 Å². The summed E-state index contributed by atoms with van der Waals surface area (Å²) in [4.78, 5) is 72.5. The zero-order chi connectivity index (χ0) is 25.3. The summed E-state index contributed by atoms with van der Waals surface area (Å²) in [6, 6.07) is -4.97. The van der Waals surface area contributed by atoms with Gasteiger partial charge in [-0.25, -0.2) is 4.79 Å². The van der Waals surface area contributed by atoms with E-state index >= 15 is 0 Å². The second-order valence-electron chi connectivity index (χ2n) is 8.42. The highest BCUT2D eigenvalue weighted by molar-refractivity contribution is 5.95. The summed E-state index contributed by atoms with van der Waals surface area (Å²) in [7, 11) is 0. The van der Waals surface area contributed by atoms with Crippen molar-refractivity contribution in [1.29, 1.82) is 0 Å². The van der Waals surface area contributed by atoms with Crippen LogP contribution in [0.5, 0.6) is 0 Å². The molecule has 3 amide bonds. The Bertz CT molecular complexity index is 771. The number of carbonyl (C=O) groups is 6. The second kappa shape index (κ2) is 12.7. The van der Waals surface area contributed by atoms with E-state index in [2.05, 4.69) is 10.6 Å². The van der Waals surface area contributed by atoms with Crippen LogP contribution >= 0.6 is 0 Å². The fraction of sp³-hybridized carbons (Fsp3) is 0.700. The molecule has 1 aliphatic heterocycles. The average Bonchev–Trinajstić information content (AvgIpc) is 3.19. The lowest BCUT2D eigenvalue weighted by molar-refractivity contribution is -0.150. The highest BCUT2D eigenvalue weighted by atomic mass is 16.4. The molecule has 1 rings (SSSR count). The molecule has 0 spiro atoms. The number of carboxylic acid groups (broad SMARTS) is 3. The van der Waals surface area contributed by atoms with E-state index in [0.717, 1.165) is 4.90 Å². The molecule has 0 saturated carbocycles. The number of nitrogens with zero attached hydrogens (tertiary/aromatic N) is 1. The van der Waals surface area contributed by atoms with Crippen LogP contribution in [-0.2, 0) is 28.8 Å². The van der Waals surface area contributed by atoms with Gasteiger partial charge in [-0.2, -0.15) is 0 Å². The van der Waals surface area contributed by atoms with E-state index in [1.807, 2.05) is 0 Å². The van der Waals surface area contributed by atoms with Gasteiger partial charge in [0.15, 0.2) is 0 Å². The van der Waals surface area contributed by atoms with Crippen LogP contribution in [0.3, 0.4) is 0 Å². The Morgan fingerprint density at radius 3 is 2.09 bits per heavy atom. The Kier molecular flexibility index (Phi) is 10.7. The van der Waals surface area contributed by atoms with Crippen molar-refractivity contribution in [2.75, 3.05) is 6.54 Å². The maximum atomic E-state index is 12.9. The molecule has 0 aromatic carbocycles. The Labute approximate surface area is 190 Å². The van der Waals surface area contributed by atoms with Crippen molar-refractivity contribution in [2.45, 2.75) is 76.5 Å². The van der Waals surface area contributed by atoms with Crippen LogP contribution in [0.1, 0.15) is 52.4 Å². The van der Waals surface area contributed by atoms with Gasteiger partial charge in [-0.1, -0.05) is 13.8 Å². The number of carboxylic acids is 3. The summed E-state index contributed by atoms with van der Waals surface area (Å²) < 4.78 is 0. The van der Waals surface area contributed by atoms with Gasteiger partial charge in [0.25, 0.3) is 0 Å². The molecular formula is C20H32N4O9. The normalized spacial score (nSPS) is 18.3. The van der Waals surface area contributed by atoms with E-state index in [-0.39, 0.29) is 38.1 Å². The SMILES string of the molecule is CC(C)CC(NC(=O)C(N)CCC(=O)O)C(=O)NC(CC(=O)O)C(=O)N1CCCC1C(=O)O. The zero-order valence-corrected chi connectivity index (χ0v) is 18.7. The number of nitrogens with one attached hydrogen (secondary N) is 2. The molecule has 4 unspecified atom stereocenters. The molecule has 0 bridgehead atoms. The quantitative estimate of drug-likeness (QED) is 0.187. The van der Waals surface area contributed by atoms with Gasteiger partial charge in [0.1, 0.15) is 18.1 Å². The van der Waals surface area contributed by atoms with Crippen LogP contribution < -0.4 is 16.4 Å². The van der Waals surface area contributed by atoms with Crippen LogP contribution in [0.15, 0.2) is 0 Å². The van der Waals surface area contributed by atoms with Crippen LogP contribution in [0.2, 0.25) is 0 Å². The summed E-state index contributed by atoms with van der Waals surface area (Å²) in [6.07, 6.45) is -0.480. The number of rotatable bonds is 13. The van der Waals surface area contributed by atoms with E-state index in [1.165, 1.54) is 0 Å². The molecule has 13 heteroatoms. The van der Waals surface area contributed by atoms with Gasteiger partial charge in [-0.15, -0.1) is 0 Å². The number of hydrogen-bond acceptors (Lipinski definition) is 7. The lowest BCUT2D eigenvalue weighted by Gasteiger charge is -2.28. The van der Waals surface area contributed by atoms with Gasteiger partial charge >= 0.3 is 17.9 Å². The molecule has 13 nitrogen and oxygen atoms in total. The maximum absolute atomic E-state index is 12.9. The molecule has 0 radical (unpaired) electrons. The summed E-state index contributed by atoms with van der Waals surface area (Å²) in [5.41, 5.74) is 5.69. The van der Waals surface area contributed by atoms with Gasteiger partial charge in [0.05, 0.1) is 12.5 Å². The number of amides is 3. The van der Waals surface area contributed by atoms with Crippen LogP contribution in [0.4, 0.5) is 0 Å². The minimum absolute atomic E-state index is 0.0834. The Hall–Kier alpha value is -3.22. The molecule has 0 aliphatic carbocycles. The van der Waals surface area contributed by atoms with Crippen molar-refractivity contribution in [3.8, 4) is 0 Å². The van der Waals surface area contributed by atoms with Crippen molar-refractivity contribution in [1.82, 2.24) is 15.5 Å². The topological polar surface area (TPSA) is 216 Å². The third-order valence-corrected chi connectivity index (χ3v) is 5.16. The number of likely N-dealkylation sites (tertiary alicyclic amines) is 1. The van der Waals surface area contributed by atoms with Gasteiger partial charge in [-0.3, -0.25) is 24.0 Å². The molecule has 33 heavy (non-hydrogen) atoms. The Morgan fingerprint density at radius 1 is 0.970 bits per heavy atom. The van der Waals surface area contributed by atoms with Crippen LogP contribution in [0, 0.1) is 5.92 Å². The van der Waals surface area contributed by atoms with Crippen molar-refractivity contribution in [2.24, 2.45) is 11.7 Å². The van der Waals surface area contributed by atoms with Crippen LogP contribution in [0.25, 0.3) is 0 Å². The molecule has 1 fully saturated rings. The first-order valence-electron chi connectivity index (χ1n) is 10.7. The Balaban J connectivity index is 2.97. The fourth-order valence-electron chi connectivity index (χ4n) is 3.53. The first-order chi connectivity index (χ1) is 15.3. The minimum atomic E-state index is -1.53.